The van der Waals surface area contributed by atoms with Gasteiger partial charge in [-0.1, -0.05) is 12.1 Å². The number of carbonyl (C=O) groups excluding carboxylic acids is 1. The van der Waals surface area contributed by atoms with Gasteiger partial charge in [0.1, 0.15) is 11.8 Å². The van der Waals surface area contributed by atoms with Gasteiger partial charge in [-0.25, -0.2) is 9.97 Å². The Kier molecular flexibility index (Phi) is 5.51. The van der Waals surface area contributed by atoms with Crippen molar-refractivity contribution in [1.29, 1.82) is 5.26 Å². The van der Waals surface area contributed by atoms with Crippen LogP contribution in [0.25, 0.3) is 0 Å². The van der Waals surface area contributed by atoms with E-state index in [0.29, 0.717) is 22.6 Å². The summed E-state index contributed by atoms with van der Waals surface area (Å²) in [4.78, 5) is 23.2. The van der Waals surface area contributed by atoms with Crippen LogP contribution in [0.4, 0.5) is 23.0 Å². The van der Waals surface area contributed by atoms with Crippen LogP contribution in [0.2, 0.25) is 0 Å². The van der Waals surface area contributed by atoms with Gasteiger partial charge in [0.05, 0.1) is 11.3 Å². The molecule has 1 amide bonds. The zero-order chi connectivity index (χ0) is 20.1. The summed E-state index contributed by atoms with van der Waals surface area (Å²) in [6.45, 7) is 1.78. The Morgan fingerprint density at radius 2 is 1.79 bits per heavy atom. The van der Waals surface area contributed by atoms with Crippen molar-refractivity contribution in [2.45, 2.75) is 6.92 Å². The van der Waals surface area contributed by atoms with Gasteiger partial charge in [0.15, 0.2) is 0 Å². The van der Waals surface area contributed by atoms with E-state index in [-0.39, 0.29) is 17.5 Å². The Hall–Kier alpha value is -3.92. The molecule has 0 fully saturated rings. The third-order valence-electron chi connectivity index (χ3n) is 4.02. The first kappa shape index (κ1) is 18.9. The Balaban J connectivity index is 1.80. The van der Waals surface area contributed by atoms with Crippen molar-refractivity contribution in [3.05, 3.63) is 71.5 Å². The molecule has 3 rings (SSSR count). The van der Waals surface area contributed by atoms with Crippen molar-refractivity contribution < 1.29 is 4.79 Å². The second-order valence-electron chi connectivity index (χ2n) is 6.40. The molecule has 0 aliphatic carbocycles. The first-order valence-corrected chi connectivity index (χ1v) is 8.67. The van der Waals surface area contributed by atoms with Gasteiger partial charge in [-0.3, -0.25) is 4.79 Å². The van der Waals surface area contributed by atoms with Gasteiger partial charge < -0.3 is 15.5 Å². The summed E-state index contributed by atoms with van der Waals surface area (Å²) in [6, 6.07) is 18.3. The molecule has 0 spiro atoms. The number of nitrogens with one attached hydrogen (secondary N) is 2. The van der Waals surface area contributed by atoms with Crippen LogP contribution >= 0.6 is 0 Å². The minimum absolute atomic E-state index is 0.237. The summed E-state index contributed by atoms with van der Waals surface area (Å²) in [5.74, 6) is -0.0736. The van der Waals surface area contributed by atoms with E-state index < -0.39 is 0 Å². The highest BCUT2D eigenvalue weighted by Crippen LogP contribution is 2.19. The lowest BCUT2D eigenvalue weighted by Crippen LogP contribution is -2.16. The molecule has 0 aliphatic rings. The van der Waals surface area contributed by atoms with Crippen molar-refractivity contribution in [2.75, 3.05) is 29.6 Å². The Morgan fingerprint density at radius 3 is 2.46 bits per heavy atom. The lowest BCUT2D eigenvalue weighted by molar-refractivity contribution is 0.102. The van der Waals surface area contributed by atoms with E-state index in [0.717, 1.165) is 5.69 Å². The number of aromatic nitrogens is 2. The highest BCUT2D eigenvalue weighted by atomic mass is 16.1. The summed E-state index contributed by atoms with van der Waals surface area (Å²) in [6.07, 6.45) is 0. The summed E-state index contributed by atoms with van der Waals surface area (Å²) in [7, 11) is 3.91. The quantitative estimate of drug-likeness (QED) is 0.709. The first-order valence-electron chi connectivity index (χ1n) is 8.67. The molecule has 2 N–H and O–H groups in total. The molecule has 0 bridgehead atoms. The zero-order valence-electron chi connectivity index (χ0n) is 15.9. The molecule has 3 aromatic rings. The van der Waals surface area contributed by atoms with E-state index in [1.54, 1.807) is 31.2 Å². The molecule has 0 unspecified atom stereocenters. The maximum atomic E-state index is 12.6. The predicted octanol–water partition coefficient (Wildman–Crippen LogP) is 3.72. The topological polar surface area (TPSA) is 93.9 Å². The molecule has 2 aromatic carbocycles. The van der Waals surface area contributed by atoms with Crippen molar-refractivity contribution >= 4 is 28.9 Å². The SMILES string of the molecule is Cc1cc(C(=O)Nc2ccc(N(C)C)cc2)nc(Nc2ccccc2C#N)n1. The standard InChI is InChI=1S/C21H20N6O/c1-14-12-19(20(28)24-16-8-10-17(11-9-16)27(2)3)26-21(23-14)25-18-7-5-4-6-15(18)13-22/h4-12H,1-3H3,(H,24,28)(H,23,25,26). The molecule has 1 aromatic heterocycles. The van der Waals surface area contributed by atoms with Gasteiger partial charge >= 0.3 is 0 Å². The predicted molar refractivity (Wildman–Crippen MR) is 110 cm³/mol. The molecule has 7 heteroatoms. The molecule has 28 heavy (non-hydrogen) atoms. The number of hydrogen-bond acceptors (Lipinski definition) is 6. The summed E-state index contributed by atoms with van der Waals surface area (Å²) in [5.41, 5.74) is 3.65. The van der Waals surface area contributed by atoms with E-state index in [4.69, 9.17) is 0 Å². The lowest BCUT2D eigenvalue weighted by Gasteiger charge is -2.13. The Labute approximate surface area is 163 Å². The monoisotopic (exact) mass is 372 g/mol. The minimum atomic E-state index is -0.334. The van der Waals surface area contributed by atoms with Crippen LogP contribution in [0.3, 0.4) is 0 Å². The molecule has 0 atom stereocenters. The summed E-state index contributed by atoms with van der Waals surface area (Å²) in [5, 5.41) is 15.1. The Morgan fingerprint density at radius 1 is 1.07 bits per heavy atom. The van der Waals surface area contributed by atoms with Gasteiger partial charge in [-0.2, -0.15) is 5.26 Å². The van der Waals surface area contributed by atoms with Crippen molar-refractivity contribution in [2.24, 2.45) is 0 Å². The van der Waals surface area contributed by atoms with E-state index in [1.165, 1.54) is 0 Å². The number of benzene rings is 2. The van der Waals surface area contributed by atoms with E-state index >= 15 is 0 Å². The lowest BCUT2D eigenvalue weighted by atomic mass is 10.2. The number of nitriles is 1. The molecular weight excluding hydrogens is 352 g/mol. The number of amides is 1. The molecule has 1 heterocycles. The van der Waals surface area contributed by atoms with Crippen LogP contribution in [-0.4, -0.2) is 30.0 Å². The number of nitrogens with zero attached hydrogens (tertiary/aromatic N) is 4. The molecule has 0 saturated heterocycles. The van der Waals surface area contributed by atoms with Crippen molar-refractivity contribution in [3.63, 3.8) is 0 Å². The van der Waals surface area contributed by atoms with Crippen LogP contribution < -0.4 is 15.5 Å². The average Bonchev–Trinajstić information content (AvgIpc) is 2.68. The second-order valence-corrected chi connectivity index (χ2v) is 6.40. The van der Waals surface area contributed by atoms with Crippen LogP contribution in [0.5, 0.6) is 0 Å². The van der Waals surface area contributed by atoms with E-state index in [1.807, 2.05) is 49.3 Å². The minimum Gasteiger partial charge on any atom is -0.378 e. The van der Waals surface area contributed by atoms with Gasteiger partial charge in [0.2, 0.25) is 5.95 Å². The zero-order valence-corrected chi connectivity index (χ0v) is 15.9. The number of hydrogen-bond donors (Lipinski definition) is 2. The van der Waals surface area contributed by atoms with Gasteiger partial charge in [-0.05, 0) is 49.4 Å². The number of anilines is 4. The normalized spacial score (nSPS) is 10.1. The van der Waals surface area contributed by atoms with E-state index in [9.17, 15) is 10.1 Å². The number of aryl methyl sites for hydroxylation is 1. The van der Waals surface area contributed by atoms with Crippen LogP contribution in [0, 0.1) is 18.3 Å². The molecule has 140 valence electrons. The van der Waals surface area contributed by atoms with Crippen LogP contribution in [0.15, 0.2) is 54.6 Å². The Bertz CT molecular complexity index is 1040. The van der Waals surface area contributed by atoms with Gasteiger partial charge in [0.25, 0.3) is 5.91 Å². The number of carbonyl (C=O) groups is 1. The smallest absolute Gasteiger partial charge is 0.274 e. The molecule has 0 saturated carbocycles. The first-order chi connectivity index (χ1) is 13.5. The van der Waals surface area contributed by atoms with Crippen molar-refractivity contribution in [1.82, 2.24) is 9.97 Å². The highest BCUT2D eigenvalue weighted by molar-refractivity contribution is 6.03. The maximum absolute atomic E-state index is 12.6. The number of rotatable bonds is 5. The summed E-state index contributed by atoms with van der Waals surface area (Å²) < 4.78 is 0. The van der Waals surface area contributed by atoms with Gasteiger partial charge in [0, 0.05) is 31.2 Å². The average molecular weight is 372 g/mol. The molecule has 0 aliphatic heterocycles. The number of para-hydroxylation sites is 1. The summed E-state index contributed by atoms with van der Waals surface area (Å²) >= 11 is 0. The van der Waals surface area contributed by atoms with Crippen LogP contribution in [-0.2, 0) is 0 Å². The fourth-order valence-electron chi connectivity index (χ4n) is 2.59. The highest BCUT2D eigenvalue weighted by Gasteiger charge is 2.12. The van der Waals surface area contributed by atoms with Gasteiger partial charge in [-0.15, -0.1) is 0 Å². The second kappa shape index (κ2) is 8.18. The third kappa shape index (κ3) is 4.43. The van der Waals surface area contributed by atoms with Crippen molar-refractivity contribution in [3.8, 4) is 6.07 Å². The molecule has 7 nitrogen and oxygen atoms in total. The third-order valence-corrected chi connectivity index (χ3v) is 4.02. The maximum Gasteiger partial charge on any atom is 0.274 e. The molecule has 0 radical (unpaired) electrons. The fourth-order valence-corrected chi connectivity index (χ4v) is 2.59. The van der Waals surface area contributed by atoms with Crippen LogP contribution in [0.1, 0.15) is 21.7 Å². The largest absolute Gasteiger partial charge is 0.378 e. The van der Waals surface area contributed by atoms with E-state index in [2.05, 4.69) is 26.7 Å². The molecular formula is C21H20N6O. The fraction of sp³-hybridized carbons (Fsp3) is 0.143.